The van der Waals surface area contributed by atoms with Gasteiger partial charge in [0.25, 0.3) is 5.91 Å². The van der Waals surface area contributed by atoms with Gasteiger partial charge in [-0.1, -0.05) is 23.2 Å². The van der Waals surface area contributed by atoms with Crippen molar-refractivity contribution in [1.82, 2.24) is 5.32 Å². The minimum Gasteiger partial charge on any atom is -0.507 e. The third kappa shape index (κ3) is 11.8. The SMILES string of the molecule is CNC(=O)c1cc(Cl)c(OC(C)(C)C(=O)OC(C)(C)C)cc1O.COC(=O)c1cc(Cl)c(OC(C)(C)C(=O)OC(C)(C)C)cc1O. The molecule has 0 saturated heterocycles. The molecule has 2 aromatic carbocycles. The lowest BCUT2D eigenvalue weighted by molar-refractivity contribution is -0.171. The van der Waals surface area contributed by atoms with Gasteiger partial charge in [-0.3, -0.25) is 4.79 Å². The molecule has 0 spiro atoms. The van der Waals surface area contributed by atoms with E-state index in [1.807, 2.05) is 0 Å². The Hall–Kier alpha value is -3.90. The molecule has 3 N–H and O–H groups in total. The Bertz CT molecular complexity index is 1350. The van der Waals surface area contributed by atoms with Gasteiger partial charge in [0.2, 0.25) is 0 Å². The average Bonchev–Trinajstić information content (AvgIpc) is 2.89. The van der Waals surface area contributed by atoms with Crippen LogP contribution in [0.3, 0.4) is 0 Å². The molecule has 0 heterocycles. The molecule has 0 aliphatic rings. The van der Waals surface area contributed by atoms with E-state index < -0.39 is 46.2 Å². The Morgan fingerprint density at radius 3 is 1.33 bits per heavy atom. The number of carbonyl (C=O) groups excluding carboxylic acids is 4. The van der Waals surface area contributed by atoms with Crippen LogP contribution in [0.5, 0.6) is 23.0 Å². The fourth-order valence-electron chi connectivity index (χ4n) is 3.27. The Balaban J connectivity index is 0.000000460. The predicted molar refractivity (Wildman–Crippen MR) is 172 cm³/mol. The highest BCUT2D eigenvalue weighted by atomic mass is 35.5. The zero-order valence-corrected chi connectivity index (χ0v) is 29.6. The summed E-state index contributed by atoms with van der Waals surface area (Å²) < 4.78 is 26.3. The summed E-state index contributed by atoms with van der Waals surface area (Å²) in [5, 5.41) is 22.3. The summed E-state index contributed by atoms with van der Waals surface area (Å²) in [4.78, 5) is 47.5. The van der Waals surface area contributed by atoms with Crippen LogP contribution in [0.15, 0.2) is 24.3 Å². The number of amides is 1. The number of phenolic OH excluding ortho intramolecular Hbond substituents is 2. The Kier molecular flexibility index (Phi) is 13.2. The molecule has 0 bridgehead atoms. The Morgan fingerprint density at radius 1 is 0.652 bits per heavy atom. The highest BCUT2D eigenvalue weighted by Gasteiger charge is 2.37. The highest BCUT2D eigenvalue weighted by Crippen LogP contribution is 2.36. The number of ether oxygens (including phenoxy) is 5. The van der Waals surface area contributed by atoms with Crippen molar-refractivity contribution in [2.75, 3.05) is 14.2 Å². The van der Waals surface area contributed by atoms with Gasteiger partial charge in [-0.2, -0.15) is 0 Å². The van der Waals surface area contributed by atoms with Gasteiger partial charge in [-0.25, -0.2) is 14.4 Å². The van der Waals surface area contributed by atoms with Gasteiger partial charge in [-0.05, 0) is 81.4 Å². The van der Waals surface area contributed by atoms with Gasteiger partial charge in [-0.15, -0.1) is 0 Å². The zero-order valence-electron chi connectivity index (χ0n) is 28.1. The van der Waals surface area contributed by atoms with Gasteiger partial charge in [0.1, 0.15) is 39.8 Å². The summed E-state index contributed by atoms with van der Waals surface area (Å²) in [6, 6.07) is 4.83. The van der Waals surface area contributed by atoms with Crippen molar-refractivity contribution in [3.63, 3.8) is 0 Å². The van der Waals surface area contributed by atoms with Crippen LogP contribution in [0, 0.1) is 0 Å². The number of aromatic hydroxyl groups is 2. The van der Waals surface area contributed by atoms with E-state index in [2.05, 4.69) is 10.1 Å². The van der Waals surface area contributed by atoms with Gasteiger partial charge in [0, 0.05) is 19.2 Å². The van der Waals surface area contributed by atoms with Crippen molar-refractivity contribution in [2.24, 2.45) is 0 Å². The van der Waals surface area contributed by atoms with Gasteiger partial charge < -0.3 is 39.2 Å². The molecule has 14 heteroatoms. The molecule has 0 radical (unpaired) electrons. The summed E-state index contributed by atoms with van der Waals surface area (Å²) in [6.07, 6.45) is 0. The fourth-order valence-corrected chi connectivity index (χ4v) is 3.67. The Morgan fingerprint density at radius 2 is 1.00 bits per heavy atom. The van der Waals surface area contributed by atoms with Gasteiger partial charge in [0.15, 0.2) is 11.2 Å². The molecule has 0 fully saturated rings. The maximum absolute atomic E-state index is 12.2. The Labute approximate surface area is 279 Å². The number of nitrogens with one attached hydrogen (secondary N) is 1. The largest absolute Gasteiger partial charge is 0.507 e. The number of rotatable bonds is 8. The standard InChI is InChI=1S/C16H22ClNO5.C16H21ClO6/c1-15(2,3)23-14(21)16(4,5)22-12-8-11(19)9(7-10(12)17)13(20)18-6;1-15(2,3)23-14(20)16(4,5)22-12-8-11(18)9(7-10(12)17)13(19)21-6/h7-8,19H,1-6H3,(H,18,20);7-8,18H,1-6H3. The van der Waals surface area contributed by atoms with Crippen LogP contribution in [0.4, 0.5) is 0 Å². The minimum atomic E-state index is -1.34. The van der Waals surface area contributed by atoms with Crippen molar-refractivity contribution < 1.29 is 53.1 Å². The van der Waals surface area contributed by atoms with E-state index in [1.165, 1.54) is 60.1 Å². The summed E-state index contributed by atoms with van der Waals surface area (Å²) in [6.45, 7) is 16.6. The number of esters is 3. The molecule has 2 aromatic rings. The second kappa shape index (κ2) is 15.1. The van der Waals surface area contributed by atoms with E-state index in [1.54, 1.807) is 41.5 Å². The fraction of sp³-hybridized carbons (Fsp3) is 0.500. The molecule has 0 saturated carbocycles. The van der Waals surface area contributed by atoms with Crippen molar-refractivity contribution in [3.8, 4) is 23.0 Å². The third-order valence-corrected chi connectivity index (χ3v) is 6.08. The molecule has 2 rings (SSSR count). The molecular formula is C32H43Cl2NO11. The monoisotopic (exact) mass is 687 g/mol. The lowest BCUT2D eigenvalue weighted by Crippen LogP contribution is -2.43. The first kappa shape index (κ1) is 40.1. The van der Waals surface area contributed by atoms with Crippen LogP contribution >= 0.6 is 23.2 Å². The summed E-state index contributed by atoms with van der Waals surface area (Å²) in [5.74, 6) is -2.92. The van der Waals surface area contributed by atoms with E-state index in [9.17, 15) is 29.4 Å². The molecule has 256 valence electrons. The topological polar surface area (TPSA) is 167 Å². The number of hydrogen-bond donors (Lipinski definition) is 3. The number of halogens is 2. The zero-order chi connectivity index (χ0) is 36.0. The van der Waals surface area contributed by atoms with E-state index in [4.69, 9.17) is 42.1 Å². The first-order valence-corrected chi connectivity index (χ1v) is 14.7. The number of benzene rings is 2. The third-order valence-electron chi connectivity index (χ3n) is 5.49. The second-order valence-corrected chi connectivity index (χ2v) is 13.7. The van der Waals surface area contributed by atoms with Crippen LogP contribution < -0.4 is 14.8 Å². The van der Waals surface area contributed by atoms with Crippen molar-refractivity contribution in [1.29, 1.82) is 0 Å². The molecule has 0 aliphatic carbocycles. The number of hydrogen-bond acceptors (Lipinski definition) is 11. The van der Waals surface area contributed by atoms with E-state index in [-0.39, 0.29) is 44.2 Å². The first-order valence-electron chi connectivity index (χ1n) is 13.9. The molecule has 0 atom stereocenters. The molecule has 1 amide bonds. The summed E-state index contributed by atoms with van der Waals surface area (Å²) >= 11 is 12.1. The molecule has 0 aromatic heterocycles. The maximum Gasteiger partial charge on any atom is 0.350 e. The highest BCUT2D eigenvalue weighted by molar-refractivity contribution is 6.33. The quantitative estimate of drug-likeness (QED) is 0.212. The van der Waals surface area contributed by atoms with Crippen LogP contribution in [0.1, 0.15) is 90.0 Å². The smallest absolute Gasteiger partial charge is 0.350 e. The second-order valence-electron chi connectivity index (χ2n) is 12.9. The maximum atomic E-state index is 12.2. The summed E-state index contributed by atoms with van der Waals surface area (Å²) in [5.41, 5.74) is -4.07. The van der Waals surface area contributed by atoms with Crippen molar-refractivity contribution >= 4 is 47.0 Å². The van der Waals surface area contributed by atoms with Crippen LogP contribution in [0.25, 0.3) is 0 Å². The molecule has 12 nitrogen and oxygen atoms in total. The van der Waals surface area contributed by atoms with Crippen LogP contribution in [-0.2, 0) is 23.8 Å². The van der Waals surface area contributed by atoms with Crippen LogP contribution in [-0.4, -0.2) is 70.6 Å². The molecular weight excluding hydrogens is 645 g/mol. The van der Waals surface area contributed by atoms with Crippen LogP contribution in [0.2, 0.25) is 10.0 Å². The first-order chi connectivity index (χ1) is 20.7. The number of phenols is 2. The number of carbonyl (C=O) groups is 4. The number of methoxy groups -OCH3 is 1. The summed E-state index contributed by atoms with van der Waals surface area (Å²) in [7, 11) is 2.62. The van der Waals surface area contributed by atoms with Gasteiger partial charge in [0.05, 0.1) is 22.7 Å². The van der Waals surface area contributed by atoms with Crippen molar-refractivity contribution in [2.45, 2.75) is 91.6 Å². The normalized spacial score (nSPS) is 11.8. The van der Waals surface area contributed by atoms with Gasteiger partial charge >= 0.3 is 17.9 Å². The molecule has 0 unspecified atom stereocenters. The minimum absolute atomic E-state index is 0.0138. The van der Waals surface area contributed by atoms with E-state index in [0.29, 0.717) is 0 Å². The van der Waals surface area contributed by atoms with E-state index >= 15 is 0 Å². The average molecular weight is 689 g/mol. The molecule has 46 heavy (non-hydrogen) atoms. The van der Waals surface area contributed by atoms with Crippen molar-refractivity contribution in [3.05, 3.63) is 45.4 Å². The lowest BCUT2D eigenvalue weighted by atomic mass is 10.1. The lowest BCUT2D eigenvalue weighted by Gasteiger charge is -2.29. The van der Waals surface area contributed by atoms with E-state index in [0.717, 1.165) is 6.07 Å². The molecule has 0 aliphatic heterocycles. The predicted octanol–water partition coefficient (Wildman–Crippen LogP) is 6.24.